The molecule has 1 aliphatic heterocycles. The number of methoxy groups -OCH3 is 1. The molecule has 0 aliphatic carbocycles. The van der Waals surface area contributed by atoms with Crippen molar-refractivity contribution < 1.29 is 9.53 Å². The second-order valence-corrected chi connectivity index (χ2v) is 6.71. The summed E-state index contributed by atoms with van der Waals surface area (Å²) in [6.07, 6.45) is 1.15. The summed E-state index contributed by atoms with van der Waals surface area (Å²) < 4.78 is 6.28. The lowest BCUT2D eigenvalue weighted by Gasteiger charge is -2.15. The third-order valence-corrected chi connectivity index (χ3v) is 5.22. The molecule has 5 heteroatoms. The van der Waals surface area contributed by atoms with Crippen LogP contribution in [0.3, 0.4) is 0 Å². The second kappa shape index (κ2) is 7.22. The summed E-state index contributed by atoms with van der Waals surface area (Å²) >= 11 is 1.63. The average molecular weight is 318 g/mol. The predicted octanol–water partition coefficient (Wildman–Crippen LogP) is 2.60. The Kier molecular flexibility index (Phi) is 5.08. The van der Waals surface area contributed by atoms with Crippen LogP contribution in [0.5, 0.6) is 0 Å². The van der Waals surface area contributed by atoms with Gasteiger partial charge >= 0.3 is 0 Å². The Balaban J connectivity index is 1.53. The Bertz CT molecular complexity index is 640. The summed E-state index contributed by atoms with van der Waals surface area (Å²) in [6.45, 7) is 4.67. The third-order valence-electron chi connectivity index (χ3n) is 4.26. The van der Waals surface area contributed by atoms with Crippen LogP contribution < -0.4 is 5.32 Å². The van der Waals surface area contributed by atoms with Crippen molar-refractivity contribution in [2.75, 3.05) is 39.9 Å². The molecule has 1 aromatic heterocycles. The molecule has 1 aliphatic rings. The molecule has 22 heavy (non-hydrogen) atoms. The van der Waals surface area contributed by atoms with Gasteiger partial charge in [0.1, 0.15) is 0 Å². The third kappa shape index (κ3) is 3.48. The summed E-state index contributed by atoms with van der Waals surface area (Å²) in [6, 6.07) is 8.06. The van der Waals surface area contributed by atoms with Crippen molar-refractivity contribution >= 4 is 27.3 Å². The Morgan fingerprint density at radius 3 is 3.18 bits per heavy atom. The fourth-order valence-electron chi connectivity index (χ4n) is 2.99. The van der Waals surface area contributed by atoms with E-state index in [1.807, 2.05) is 23.6 Å². The highest BCUT2D eigenvalue weighted by molar-refractivity contribution is 7.17. The Morgan fingerprint density at radius 1 is 1.45 bits per heavy atom. The molecule has 3 rings (SSSR count). The largest absolute Gasteiger partial charge is 0.383 e. The van der Waals surface area contributed by atoms with Gasteiger partial charge in [0.05, 0.1) is 12.2 Å². The normalized spacial score (nSPS) is 18.9. The zero-order chi connectivity index (χ0) is 15.4. The van der Waals surface area contributed by atoms with Crippen LogP contribution in [0.1, 0.15) is 16.8 Å². The van der Waals surface area contributed by atoms with Gasteiger partial charge in [0.25, 0.3) is 5.91 Å². The lowest BCUT2D eigenvalue weighted by molar-refractivity contribution is 0.0949. The van der Waals surface area contributed by atoms with E-state index in [4.69, 9.17) is 4.74 Å². The van der Waals surface area contributed by atoms with Crippen LogP contribution in [-0.2, 0) is 4.74 Å². The summed E-state index contributed by atoms with van der Waals surface area (Å²) in [4.78, 5) is 14.8. The van der Waals surface area contributed by atoms with Gasteiger partial charge in [0, 0.05) is 42.2 Å². The minimum absolute atomic E-state index is 0.0489. The van der Waals surface area contributed by atoms with Gasteiger partial charge in [-0.2, -0.15) is 0 Å². The molecule has 118 valence electrons. The lowest BCUT2D eigenvalue weighted by atomic mass is 10.1. The minimum Gasteiger partial charge on any atom is -0.383 e. The van der Waals surface area contributed by atoms with Crippen LogP contribution in [0.15, 0.2) is 29.6 Å². The quantitative estimate of drug-likeness (QED) is 0.890. The first-order chi connectivity index (χ1) is 10.8. The van der Waals surface area contributed by atoms with Crippen LogP contribution in [0.4, 0.5) is 0 Å². The molecule has 1 atom stereocenters. The van der Waals surface area contributed by atoms with Crippen LogP contribution >= 0.6 is 11.3 Å². The van der Waals surface area contributed by atoms with Crippen molar-refractivity contribution in [2.24, 2.45) is 5.92 Å². The molecule has 1 amide bonds. The maximum absolute atomic E-state index is 12.4. The molecule has 0 saturated carbocycles. The topological polar surface area (TPSA) is 41.6 Å². The maximum Gasteiger partial charge on any atom is 0.252 e. The smallest absolute Gasteiger partial charge is 0.252 e. The Labute approximate surface area is 135 Å². The lowest BCUT2D eigenvalue weighted by Crippen LogP contribution is -2.31. The van der Waals surface area contributed by atoms with E-state index in [2.05, 4.69) is 16.3 Å². The number of fused-ring (bicyclic) bond motifs is 1. The van der Waals surface area contributed by atoms with Gasteiger partial charge in [0.15, 0.2) is 0 Å². The monoisotopic (exact) mass is 318 g/mol. The van der Waals surface area contributed by atoms with E-state index in [1.165, 1.54) is 4.70 Å². The molecule has 4 nitrogen and oxygen atoms in total. The number of nitrogens with zero attached hydrogens (tertiary/aromatic N) is 1. The Hall–Kier alpha value is -1.43. The Morgan fingerprint density at radius 2 is 2.32 bits per heavy atom. The molecule has 0 bridgehead atoms. The summed E-state index contributed by atoms with van der Waals surface area (Å²) in [7, 11) is 1.74. The first kappa shape index (κ1) is 15.5. The van der Waals surface area contributed by atoms with E-state index in [9.17, 15) is 4.79 Å². The summed E-state index contributed by atoms with van der Waals surface area (Å²) in [5.41, 5.74) is 0.801. The molecule has 0 unspecified atom stereocenters. The molecule has 1 saturated heterocycles. The SMILES string of the molecule is COCCN1CC[C@@H](CNC(=O)c2csc3ccccc23)C1. The van der Waals surface area contributed by atoms with E-state index >= 15 is 0 Å². The fourth-order valence-corrected chi connectivity index (χ4v) is 3.93. The van der Waals surface area contributed by atoms with Crippen LogP contribution in [0.2, 0.25) is 0 Å². The van der Waals surface area contributed by atoms with Gasteiger partial charge in [-0.3, -0.25) is 4.79 Å². The molecule has 1 fully saturated rings. The zero-order valence-corrected chi connectivity index (χ0v) is 13.7. The number of nitrogens with one attached hydrogen (secondary N) is 1. The highest BCUT2D eigenvalue weighted by Gasteiger charge is 2.23. The predicted molar refractivity (Wildman–Crippen MR) is 90.6 cm³/mol. The number of carbonyl (C=O) groups is 1. The van der Waals surface area contributed by atoms with E-state index < -0.39 is 0 Å². The number of ether oxygens (including phenoxy) is 1. The molecule has 1 N–H and O–H groups in total. The van der Waals surface area contributed by atoms with Crippen molar-refractivity contribution in [3.05, 3.63) is 35.2 Å². The molecule has 2 aromatic rings. The van der Waals surface area contributed by atoms with Gasteiger partial charge in [-0.15, -0.1) is 11.3 Å². The second-order valence-electron chi connectivity index (χ2n) is 5.80. The van der Waals surface area contributed by atoms with E-state index in [0.717, 1.165) is 50.2 Å². The molecule has 0 radical (unpaired) electrons. The number of benzene rings is 1. The number of carbonyl (C=O) groups excluding carboxylic acids is 1. The van der Waals surface area contributed by atoms with Gasteiger partial charge in [-0.05, 0) is 24.9 Å². The standard InChI is InChI=1S/C17H22N2O2S/c1-21-9-8-19-7-6-13(11-19)10-18-17(20)15-12-22-16-5-3-2-4-14(15)16/h2-5,12-13H,6-11H2,1H3,(H,18,20)/t13-/m0/s1. The summed E-state index contributed by atoms with van der Waals surface area (Å²) in [5, 5.41) is 6.12. The molecule has 1 aromatic carbocycles. The van der Waals surface area contributed by atoms with Gasteiger partial charge in [0.2, 0.25) is 0 Å². The van der Waals surface area contributed by atoms with Crippen LogP contribution in [0, 0.1) is 5.92 Å². The summed E-state index contributed by atoms with van der Waals surface area (Å²) in [5.74, 6) is 0.596. The van der Waals surface area contributed by atoms with Gasteiger partial charge < -0.3 is 15.0 Å². The minimum atomic E-state index is 0.0489. The van der Waals surface area contributed by atoms with Crippen LogP contribution in [-0.4, -0.2) is 50.7 Å². The maximum atomic E-state index is 12.4. The van der Waals surface area contributed by atoms with Crippen molar-refractivity contribution in [3.63, 3.8) is 0 Å². The van der Waals surface area contributed by atoms with Crippen LogP contribution in [0.25, 0.3) is 10.1 Å². The molecule has 2 heterocycles. The van der Waals surface area contributed by atoms with Gasteiger partial charge in [-0.1, -0.05) is 18.2 Å². The highest BCUT2D eigenvalue weighted by atomic mass is 32.1. The van der Waals surface area contributed by atoms with E-state index in [-0.39, 0.29) is 5.91 Å². The number of hydrogen-bond donors (Lipinski definition) is 1. The van der Waals surface area contributed by atoms with Gasteiger partial charge in [-0.25, -0.2) is 0 Å². The fraction of sp³-hybridized carbons (Fsp3) is 0.471. The molecule has 0 spiro atoms. The number of hydrogen-bond acceptors (Lipinski definition) is 4. The van der Waals surface area contributed by atoms with Crippen molar-refractivity contribution in [2.45, 2.75) is 6.42 Å². The first-order valence-corrected chi connectivity index (χ1v) is 8.61. The zero-order valence-electron chi connectivity index (χ0n) is 12.9. The highest BCUT2D eigenvalue weighted by Crippen LogP contribution is 2.25. The van der Waals surface area contributed by atoms with E-state index in [1.54, 1.807) is 18.4 Å². The average Bonchev–Trinajstić information content (AvgIpc) is 3.17. The number of rotatable bonds is 6. The van der Waals surface area contributed by atoms with E-state index in [0.29, 0.717) is 5.92 Å². The molecular weight excluding hydrogens is 296 g/mol. The number of thiophene rings is 1. The number of likely N-dealkylation sites (tertiary alicyclic amines) is 1. The molecular formula is C17H22N2O2S. The van der Waals surface area contributed by atoms with Crippen molar-refractivity contribution in [1.82, 2.24) is 10.2 Å². The van der Waals surface area contributed by atoms with Crippen molar-refractivity contribution in [3.8, 4) is 0 Å². The van der Waals surface area contributed by atoms with Crippen molar-refractivity contribution in [1.29, 1.82) is 0 Å². The number of amides is 1. The first-order valence-electron chi connectivity index (χ1n) is 7.73.